The molecule has 35 heavy (non-hydrogen) atoms. The molecule has 1 saturated heterocycles. The topological polar surface area (TPSA) is 79.0 Å². The van der Waals surface area contributed by atoms with Gasteiger partial charge in [0.1, 0.15) is 0 Å². The zero-order valence-corrected chi connectivity index (χ0v) is 20.1. The zero-order chi connectivity index (χ0) is 24.3. The molecular weight excluding hydrogens is 462 g/mol. The van der Waals surface area contributed by atoms with Crippen LogP contribution in [-0.4, -0.2) is 51.5 Å². The van der Waals surface area contributed by atoms with E-state index in [1.807, 2.05) is 36.4 Å². The van der Waals surface area contributed by atoms with Crippen molar-refractivity contribution in [1.82, 2.24) is 4.31 Å². The van der Waals surface area contributed by atoms with Crippen molar-refractivity contribution in [3.63, 3.8) is 0 Å². The molecule has 0 spiro atoms. The third-order valence-corrected chi connectivity index (χ3v) is 8.17. The van der Waals surface area contributed by atoms with Gasteiger partial charge in [0.05, 0.1) is 29.5 Å². The number of carbonyl (C=O) groups excluding carboxylic acids is 1. The number of hydrogen-bond donors (Lipinski definition) is 1. The Morgan fingerprint density at radius 2 is 1.54 bits per heavy atom. The van der Waals surface area contributed by atoms with Crippen molar-refractivity contribution in [1.29, 1.82) is 0 Å². The molecule has 180 valence electrons. The predicted molar refractivity (Wildman–Crippen MR) is 137 cm³/mol. The minimum Gasteiger partial charge on any atom is -0.379 e. The van der Waals surface area contributed by atoms with Gasteiger partial charge in [-0.3, -0.25) is 4.79 Å². The molecule has 3 aromatic rings. The SMILES string of the molecule is O=C(C=Cc1ccc(S(=O)(=O)N2CCOCC2)cc1)Nc1ccccc1N1CCc2ccccc21. The quantitative estimate of drug-likeness (QED) is 0.529. The largest absolute Gasteiger partial charge is 0.379 e. The third-order valence-electron chi connectivity index (χ3n) is 6.25. The number of sulfonamides is 1. The summed E-state index contributed by atoms with van der Waals surface area (Å²) in [5.74, 6) is -0.255. The average molecular weight is 490 g/mol. The fraction of sp³-hybridized carbons (Fsp3) is 0.222. The highest BCUT2D eigenvalue weighted by Gasteiger charge is 2.26. The Kier molecular flexibility index (Phi) is 6.68. The minimum atomic E-state index is -3.54. The van der Waals surface area contributed by atoms with Gasteiger partial charge in [0.25, 0.3) is 0 Å². The van der Waals surface area contributed by atoms with Crippen molar-refractivity contribution in [2.24, 2.45) is 0 Å². The van der Waals surface area contributed by atoms with Crippen LogP contribution in [0.2, 0.25) is 0 Å². The third kappa shape index (κ3) is 5.00. The van der Waals surface area contributed by atoms with E-state index < -0.39 is 10.0 Å². The number of ether oxygens (including phenoxy) is 1. The summed E-state index contributed by atoms with van der Waals surface area (Å²) < 4.78 is 32.2. The van der Waals surface area contributed by atoms with Crippen LogP contribution in [0.15, 0.2) is 83.8 Å². The molecule has 8 heteroatoms. The molecule has 2 aliphatic rings. The first-order valence-electron chi connectivity index (χ1n) is 11.6. The number of nitrogens with zero attached hydrogens (tertiary/aromatic N) is 2. The number of fused-ring (bicyclic) bond motifs is 1. The number of para-hydroxylation sites is 3. The molecule has 0 aliphatic carbocycles. The Morgan fingerprint density at radius 1 is 0.857 bits per heavy atom. The van der Waals surface area contributed by atoms with Crippen LogP contribution in [0.4, 0.5) is 17.1 Å². The second-order valence-corrected chi connectivity index (χ2v) is 10.4. The number of hydrogen-bond acceptors (Lipinski definition) is 5. The Morgan fingerprint density at radius 3 is 2.31 bits per heavy atom. The number of amides is 1. The monoisotopic (exact) mass is 489 g/mol. The number of anilines is 3. The van der Waals surface area contributed by atoms with Gasteiger partial charge >= 0.3 is 0 Å². The van der Waals surface area contributed by atoms with Gasteiger partial charge in [-0.05, 0) is 54.0 Å². The van der Waals surface area contributed by atoms with Crippen LogP contribution in [0.1, 0.15) is 11.1 Å². The maximum Gasteiger partial charge on any atom is 0.248 e. The van der Waals surface area contributed by atoms with Crippen LogP contribution in [-0.2, 0) is 26.0 Å². The van der Waals surface area contributed by atoms with E-state index in [1.165, 1.54) is 15.9 Å². The maximum atomic E-state index is 12.8. The van der Waals surface area contributed by atoms with Crippen molar-refractivity contribution >= 4 is 39.1 Å². The second kappa shape index (κ2) is 10.0. The molecule has 1 N–H and O–H groups in total. The Bertz CT molecular complexity index is 1350. The summed E-state index contributed by atoms with van der Waals surface area (Å²) in [6.07, 6.45) is 4.10. The Balaban J connectivity index is 1.27. The fourth-order valence-corrected chi connectivity index (χ4v) is 5.84. The van der Waals surface area contributed by atoms with E-state index in [0.717, 1.165) is 35.6 Å². The van der Waals surface area contributed by atoms with Gasteiger partial charge in [0.2, 0.25) is 15.9 Å². The van der Waals surface area contributed by atoms with Crippen molar-refractivity contribution in [3.05, 3.63) is 90.0 Å². The number of benzene rings is 3. The molecule has 0 unspecified atom stereocenters. The molecule has 2 heterocycles. The summed E-state index contributed by atoms with van der Waals surface area (Å²) >= 11 is 0. The van der Waals surface area contributed by atoms with E-state index in [9.17, 15) is 13.2 Å². The van der Waals surface area contributed by atoms with Gasteiger partial charge in [0, 0.05) is 31.4 Å². The minimum absolute atomic E-state index is 0.237. The number of morpholine rings is 1. The van der Waals surface area contributed by atoms with Gasteiger partial charge < -0.3 is 15.0 Å². The molecule has 2 aliphatic heterocycles. The van der Waals surface area contributed by atoms with Crippen molar-refractivity contribution < 1.29 is 17.9 Å². The molecule has 3 aromatic carbocycles. The van der Waals surface area contributed by atoms with Crippen LogP contribution >= 0.6 is 0 Å². The van der Waals surface area contributed by atoms with Crippen LogP contribution in [0.5, 0.6) is 0 Å². The van der Waals surface area contributed by atoms with Crippen LogP contribution in [0.3, 0.4) is 0 Å². The van der Waals surface area contributed by atoms with Crippen molar-refractivity contribution in [3.8, 4) is 0 Å². The Labute approximate surface area is 205 Å². The normalized spacial score (nSPS) is 16.4. The van der Waals surface area contributed by atoms with E-state index >= 15 is 0 Å². The summed E-state index contributed by atoms with van der Waals surface area (Å²) in [7, 11) is -3.54. The molecule has 0 atom stereocenters. The van der Waals surface area contributed by atoms with Crippen molar-refractivity contribution in [2.75, 3.05) is 43.1 Å². The molecule has 0 aromatic heterocycles. The number of carbonyl (C=O) groups is 1. The highest BCUT2D eigenvalue weighted by atomic mass is 32.2. The molecular formula is C27H27N3O4S. The molecule has 1 fully saturated rings. The first-order valence-corrected chi connectivity index (χ1v) is 13.1. The molecule has 7 nitrogen and oxygen atoms in total. The Hall–Kier alpha value is -3.46. The van der Waals surface area contributed by atoms with E-state index in [4.69, 9.17) is 4.74 Å². The lowest BCUT2D eigenvalue weighted by atomic mass is 10.1. The van der Waals surface area contributed by atoms with Gasteiger partial charge in [-0.1, -0.05) is 42.5 Å². The average Bonchev–Trinajstić information content (AvgIpc) is 3.33. The van der Waals surface area contributed by atoms with Crippen molar-refractivity contribution in [2.45, 2.75) is 11.3 Å². The lowest BCUT2D eigenvalue weighted by Gasteiger charge is -2.26. The van der Waals surface area contributed by atoms with Gasteiger partial charge in [-0.25, -0.2) is 8.42 Å². The summed E-state index contributed by atoms with van der Waals surface area (Å²) in [6.45, 7) is 2.39. The lowest BCUT2D eigenvalue weighted by Crippen LogP contribution is -2.40. The van der Waals surface area contributed by atoms with Gasteiger partial charge in [-0.15, -0.1) is 0 Å². The van der Waals surface area contributed by atoms with E-state index in [2.05, 4.69) is 22.3 Å². The zero-order valence-electron chi connectivity index (χ0n) is 19.3. The second-order valence-electron chi connectivity index (χ2n) is 8.46. The lowest BCUT2D eigenvalue weighted by molar-refractivity contribution is -0.111. The van der Waals surface area contributed by atoms with Gasteiger partial charge in [0.15, 0.2) is 0 Å². The first-order chi connectivity index (χ1) is 17.0. The first kappa shape index (κ1) is 23.3. The standard InChI is InChI=1S/C27H27N3O4S/c31-27(14-11-21-9-12-23(13-10-21)35(32,33)29-17-19-34-20-18-29)28-24-6-2-4-8-26(24)30-16-15-22-5-1-3-7-25(22)30/h1-14H,15-20H2,(H,28,31). The maximum absolute atomic E-state index is 12.8. The number of rotatable bonds is 6. The molecule has 0 bridgehead atoms. The van der Waals surface area contributed by atoms with Crippen LogP contribution in [0.25, 0.3) is 6.08 Å². The van der Waals surface area contributed by atoms with Gasteiger partial charge in [-0.2, -0.15) is 4.31 Å². The summed E-state index contributed by atoms with van der Waals surface area (Å²) in [4.78, 5) is 15.2. The smallest absolute Gasteiger partial charge is 0.248 e. The fourth-order valence-electron chi connectivity index (χ4n) is 4.44. The highest BCUT2D eigenvalue weighted by molar-refractivity contribution is 7.89. The molecule has 0 radical (unpaired) electrons. The summed E-state index contributed by atoms with van der Waals surface area (Å²) in [5.41, 5.74) is 4.90. The molecule has 0 saturated carbocycles. The predicted octanol–water partition coefficient (Wildman–Crippen LogP) is 4.05. The van der Waals surface area contributed by atoms with E-state index in [0.29, 0.717) is 26.3 Å². The highest BCUT2D eigenvalue weighted by Crippen LogP contribution is 2.38. The van der Waals surface area contributed by atoms with E-state index in [-0.39, 0.29) is 10.8 Å². The van der Waals surface area contributed by atoms with E-state index in [1.54, 1.807) is 30.3 Å². The van der Waals surface area contributed by atoms with Crippen LogP contribution in [0, 0.1) is 0 Å². The number of nitrogens with one attached hydrogen (secondary N) is 1. The van der Waals surface area contributed by atoms with Crippen LogP contribution < -0.4 is 10.2 Å². The molecule has 1 amide bonds. The molecule has 5 rings (SSSR count). The summed E-state index contributed by atoms with van der Waals surface area (Å²) in [6, 6.07) is 22.6. The summed E-state index contributed by atoms with van der Waals surface area (Å²) in [5, 5.41) is 2.99.